The zero-order valence-corrected chi connectivity index (χ0v) is 7.59. The molecule has 0 bridgehead atoms. The molecule has 0 atom stereocenters. The van der Waals surface area contributed by atoms with E-state index in [1.54, 1.807) is 13.0 Å². The molecular formula is C7H8N2O2S. The van der Waals surface area contributed by atoms with E-state index in [0.717, 1.165) is 5.03 Å². The van der Waals surface area contributed by atoms with Crippen molar-refractivity contribution in [2.75, 3.05) is 6.26 Å². The van der Waals surface area contributed by atoms with Gasteiger partial charge in [-0.25, -0.2) is 4.98 Å². The number of nitrogens with zero attached hydrogens (tertiary/aromatic N) is 2. The molecule has 0 amide bonds. The summed E-state index contributed by atoms with van der Waals surface area (Å²) in [7, 11) is 0. The summed E-state index contributed by atoms with van der Waals surface area (Å²) < 4.78 is 0. The van der Waals surface area contributed by atoms with Gasteiger partial charge in [0.15, 0.2) is 0 Å². The standard InChI is InChI=1S/C7H8N2O2S/c1-5-3-7(12-2)8-4-6(5)9(10)11/h3-4H,1-2H3. The molecule has 0 aliphatic carbocycles. The van der Waals surface area contributed by atoms with Crippen molar-refractivity contribution in [3.05, 3.63) is 27.9 Å². The Morgan fingerprint density at radius 1 is 1.67 bits per heavy atom. The van der Waals surface area contributed by atoms with Crippen LogP contribution in [0.15, 0.2) is 17.3 Å². The Labute approximate surface area is 74.2 Å². The smallest absolute Gasteiger partial charge is 0.258 e. The minimum atomic E-state index is -0.424. The van der Waals surface area contributed by atoms with Gasteiger partial charge in [-0.1, -0.05) is 0 Å². The van der Waals surface area contributed by atoms with Gasteiger partial charge in [0.25, 0.3) is 5.69 Å². The van der Waals surface area contributed by atoms with E-state index in [9.17, 15) is 10.1 Å². The first-order valence-electron chi connectivity index (χ1n) is 3.30. The lowest BCUT2D eigenvalue weighted by Gasteiger charge is -1.97. The molecule has 0 spiro atoms. The minimum Gasteiger partial charge on any atom is -0.258 e. The summed E-state index contributed by atoms with van der Waals surface area (Å²) in [5, 5.41) is 11.2. The topological polar surface area (TPSA) is 56.0 Å². The van der Waals surface area contributed by atoms with Gasteiger partial charge in [-0.3, -0.25) is 10.1 Å². The van der Waals surface area contributed by atoms with E-state index in [-0.39, 0.29) is 5.69 Å². The molecule has 64 valence electrons. The highest BCUT2D eigenvalue weighted by Crippen LogP contribution is 2.20. The van der Waals surface area contributed by atoms with E-state index in [1.165, 1.54) is 18.0 Å². The van der Waals surface area contributed by atoms with Crippen LogP contribution in [0.4, 0.5) is 5.69 Å². The molecule has 0 fully saturated rings. The van der Waals surface area contributed by atoms with E-state index < -0.39 is 4.92 Å². The maximum Gasteiger partial charge on any atom is 0.290 e. The Balaban J connectivity index is 3.12. The zero-order chi connectivity index (χ0) is 9.14. The first kappa shape index (κ1) is 8.99. The molecule has 12 heavy (non-hydrogen) atoms. The molecule has 0 N–H and O–H groups in total. The van der Waals surface area contributed by atoms with Gasteiger partial charge in [0.2, 0.25) is 0 Å². The number of aryl methyl sites for hydroxylation is 1. The Bertz CT molecular complexity index is 314. The summed E-state index contributed by atoms with van der Waals surface area (Å²) in [5.74, 6) is 0. The van der Waals surface area contributed by atoms with Crippen LogP contribution >= 0.6 is 11.8 Å². The average Bonchev–Trinajstić information content (AvgIpc) is 2.03. The second-order valence-electron chi connectivity index (χ2n) is 2.27. The van der Waals surface area contributed by atoms with Crippen molar-refractivity contribution in [3.63, 3.8) is 0 Å². The fourth-order valence-electron chi connectivity index (χ4n) is 0.826. The largest absolute Gasteiger partial charge is 0.290 e. The summed E-state index contributed by atoms with van der Waals surface area (Å²) in [4.78, 5) is 13.9. The average molecular weight is 184 g/mol. The van der Waals surface area contributed by atoms with Crippen LogP contribution in [-0.2, 0) is 0 Å². The summed E-state index contributed by atoms with van der Waals surface area (Å²) in [6.07, 6.45) is 3.18. The molecule has 0 radical (unpaired) electrons. The number of hydrogen-bond donors (Lipinski definition) is 0. The van der Waals surface area contributed by atoms with Crippen LogP contribution in [0.5, 0.6) is 0 Å². The summed E-state index contributed by atoms with van der Waals surface area (Å²) in [6, 6.07) is 1.71. The van der Waals surface area contributed by atoms with Crippen molar-refractivity contribution in [1.82, 2.24) is 4.98 Å². The molecule has 0 saturated heterocycles. The first-order chi connectivity index (χ1) is 5.65. The number of pyridine rings is 1. The normalized spacial score (nSPS) is 9.83. The highest BCUT2D eigenvalue weighted by molar-refractivity contribution is 7.98. The molecule has 1 heterocycles. The summed E-state index contributed by atoms with van der Waals surface area (Å²) >= 11 is 1.47. The van der Waals surface area contributed by atoms with E-state index >= 15 is 0 Å². The third-order valence-corrected chi connectivity index (χ3v) is 2.11. The number of rotatable bonds is 2. The molecule has 5 heteroatoms. The van der Waals surface area contributed by atoms with E-state index in [2.05, 4.69) is 4.98 Å². The molecule has 0 unspecified atom stereocenters. The van der Waals surface area contributed by atoms with Crippen LogP contribution in [0.3, 0.4) is 0 Å². The van der Waals surface area contributed by atoms with E-state index in [0.29, 0.717) is 5.56 Å². The Morgan fingerprint density at radius 3 is 2.75 bits per heavy atom. The molecule has 1 aromatic heterocycles. The van der Waals surface area contributed by atoms with Gasteiger partial charge in [0.05, 0.1) is 9.95 Å². The lowest BCUT2D eigenvalue weighted by Crippen LogP contribution is -1.93. The predicted molar refractivity (Wildman–Crippen MR) is 47.4 cm³/mol. The molecule has 0 aliphatic heterocycles. The van der Waals surface area contributed by atoms with Gasteiger partial charge < -0.3 is 0 Å². The third kappa shape index (κ3) is 1.73. The van der Waals surface area contributed by atoms with Crippen LogP contribution in [0.2, 0.25) is 0 Å². The number of hydrogen-bond acceptors (Lipinski definition) is 4. The minimum absolute atomic E-state index is 0.0767. The summed E-state index contributed by atoms with van der Waals surface area (Å²) in [6.45, 7) is 1.71. The van der Waals surface area contributed by atoms with Gasteiger partial charge in [-0.2, -0.15) is 0 Å². The van der Waals surface area contributed by atoms with Gasteiger partial charge in [0, 0.05) is 5.56 Å². The fraction of sp³-hybridized carbons (Fsp3) is 0.286. The third-order valence-electron chi connectivity index (χ3n) is 1.46. The van der Waals surface area contributed by atoms with Crippen LogP contribution in [0.1, 0.15) is 5.56 Å². The predicted octanol–water partition coefficient (Wildman–Crippen LogP) is 2.02. The highest BCUT2D eigenvalue weighted by Gasteiger charge is 2.10. The molecule has 0 saturated carbocycles. The van der Waals surface area contributed by atoms with Gasteiger partial charge in [0.1, 0.15) is 6.20 Å². The SMILES string of the molecule is CSc1cc(C)c([N+](=O)[O-])cn1. The summed E-state index contributed by atoms with van der Waals surface area (Å²) in [5.41, 5.74) is 0.729. The van der Waals surface area contributed by atoms with Crippen molar-refractivity contribution in [2.45, 2.75) is 11.9 Å². The van der Waals surface area contributed by atoms with Crippen molar-refractivity contribution >= 4 is 17.4 Å². The van der Waals surface area contributed by atoms with Crippen molar-refractivity contribution < 1.29 is 4.92 Å². The lowest BCUT2D eigenvalue weighted by molar-refractivity contribution is -0.385. The van der Waals surface area contributed by atoms with Gasteiger partial charge in [-0.15, -0.1) is 11.8 Å². The van der Waals surface area contributed by atoms with Crippen LogP contribution in [-0.4, -0.2) is 16.2 Å². The van der Waals surface area contributed by atoms with Crippen molar-refractivity contribution in [3.8, 4) is 0 Å². The second-order valence-corrected chi connectivity index (χ2v) is 3.10. The monoisotopic (exact) mass is 184 g/mol. The maximum atomic E-state index is 10.4. The molecule has 4 nitrogen and oxygen atoms in total. The van der Waals surface area contributed by atoms with Crippen molar-refractivity contribution in [1.29, 1.82) is 0 Å². The van der Waals surface area contributed by atoms with Crippen molar-refractivity contribution in [2.24, 2.45) is 0 Å². The maximum absolute atomic E-state index is 10.4. The first-order valence-corrected chi connectivity index (χ1v) is 4.52. The Morgan fingerprint density at radius 2 is 2.33 bits per heavy atom. The van der Waals surface area contributed by atoms with E-state index in [1.807, 2.05) is 6.26 Å². The Kier molecular flexibility index (Phi) is 2.65. The number of thioether (sulfide) groups is 1. The quantitative estimate of drug-likeness (QED) is 0.401. The van der Waals surface area contributed by atoms with Crippen LogP contribution < -0.4 is 0 Å². The molecule has 1 rings (SSSR count). The second kappa shape index (κ2) is 3.53. The van der Waals surface area contributed by atoms with Crippen LogP contribution in [0.25, 0.3) is 0 Å². The number of aromatic nitrogens is 1. The van der Waals surface area contributed by atoms with Crippen LogP contribution in [0, 0.1) is 17.0 Å². The number of nitro groups is 1. The molecule has 0 aliphatic rings. The molecule has 0 aromatic carbocycles. The molecular weight excluding hydrogens is 176 g/mol. The lowest BCUT2D eigenvalue weighted by atomic mass is 10.3. The highest BCUT2D eigenvalue weighted by atomic mass is 32.2. The Hall–Kier alpha value is -1.10. The fourth-order valence-corrected chi connectivity index (χ4v) is 1.28. The van der Waals surface area contributed by atoms with E-state index in [4.69, 9.17) is 0 Å². The molecule has 1 aromatic rings. The van der Waals surface area contributed by atoms with Gasteiger partial charge >= 0.3 is 0 Å². The van der Waals surface area contributed by atoms with Gasteiger partial charge in [-0.05, 0) is 19.2 Å². The zero-order valence-electron chi connectivity index (χ0n) is 6.77.